The minimum atomic E-state index is -0.355. The Hall–Kier alpha value is -0.0800. The topological polar surface area (TPSA) is 40.5 Å². The standard InChI is InChI=1S/C9H18O2/c1-8(2,7-10)3-4-9(11)5-6-9/h10-11H,3-7H2,1-2H3. The molecule has 1 aliphatic carbocycles. The highest BCUT2D eigenvalue weighted by atomic mass is 16.3. The molecular formula is C9H18O2. The van der Waals surface area contributed by atoms with Crippen LogP contribution in [0.4, 0.5) is 0 Å². The Morgan fingerprint density at radius 1 is 1.36 bits per heavy atom. The highest BCUT2D eigenvalue weighted by Crippen LogP contribution is 2.41. The van der Waals surface area contributed by atoms with Crippen molar-refractivity contribution in [3.05, 3.63) is 0 Å². The van der Waals surface area contributed by atoms with E-state index in [4.69, 9.17) is 5.11 Å². The van der Waals surface area contributed by atoms with Crippen molar-refractivity contribution in [1.82, 2.24) is 0 Å². The van der Waals surface area contributed by atoms with Gasteiger partial charge in [-0.1, -0.05) is 13.8 Å². The number of hydrogen-bond donors (Lipinski definition) is 2. The summed E-state index contributed by atoms with van der Waals surface area (Å²) in [6, 6.07) is 0. The first-order valence-corrected chi connectivity index (χ1v) is 4.31. The van der Waals surface area contributed by atoms with Gasteiger partial charge in [-0.05, 0) is 31.1 Å². The van der Waals surface area contributed by atoms with Crippen molar-refractivity contribution in [3.63, 3.8) is 0 Å². The van der Waals surface area contributed by atoms with Crippen molar-refractivity contribution >= 4 is 0 Å². The van der Waals surface area contributed by atoms with E-state index in [-0.39, 0.29) is 17.6 Å². The van der Waals surface area contributed by atoms with Gasteiger partial charge in [0, 0.05) is 6.61 Å². The molecule has 0 saturated heterocycles. The normalized spacial score (nSPS) is 21.8. The third-order valence-corrected chi connectivity index (χ3v) is 2.52. The Morgan fingerprint density at radius 3 is 2.27 bits per heavy atom. The van der Waals surface area contributed by atoms with Crippen LogP contribution in [0.2, 0.25) is 0 Å². The van der Waals surface area contributed by atoms with Gasteiger partial charge >= 0.3 is 0 Å². The van der Waals surface area contributed by atoms with E-state index in [0.717, 1.165) is 25.7 Å². The summed E-state index contributed by atoms with van der Waals surface area (Å²) in [5, 5.41) is 18.4. The smallest absolute Gasteiger partial charge is 0.0650 e. The molecule has 0 aromatic heterocycles. The van der Waals surface area contributed by atoms with E-state index in [9.17, 15) is 5.11 Å². The molecule has 0 aliphatic heterocycles. The van der Waals surface area contributed by atoms with Crippen LogP contribution in [0.25, 0.3) is 0 Å². The predicted molar refractivity (Wildman–Crippen MR) is 44.3 cm³/mol. The summed E-state index contributed by atoms with van der Waals surface area (Å²) in [7, 11) is 0. The summed E-state index contributed by atoms with van der Waals surface area (Å²) in [4.78, 5) is 0. The van der Waals surface area contributed by atoms with Crippen molar-refractivity contribution in [2.45, 2.75) is 45.1 Å². The molecule has 2 N–H and O–H groups in total. The van der Waals surface area contributed by atoms with E-state index >= 15 is 0 Å². The average molecular weight is 158 g/mol. The number of aliphatic hydroxyl groups is 2. The van der Waals surface area contributed by atoms with Crippen molar-refractivity contribution in [2.75, 3.05) is 6.61 Å². The lowest BCUT2D eigenvalue weighted by atomic mass is 9.87. The molecule has 1 fully saturated rings. The molecule has 0 bridgehead atoms. The van der Waals surface area contributed by atoms with Crippen LogP contribution >= 0.6 is 0 Å². The molecule has 0 spiro atoms. The maximum absolute atomic E-state index is 9.51. The predicted octanol–water partition coefficient (Wildman–Crippen LogP) is 1.31. The van der Waals surface area contributed by atoms with Gasteiger partial charge in [0.2, 0.25) is 0 Å². The van der Waals surface area contributed by atoms with Gasteiger partial charge < -0.3 is 10.2 Å². The molecule has 1 rings (SSSR count). The lowest BCUT2D eigenvalue weighted by Crippen LogP contribution is -2.20. The van der Waals surface area contributed by atoms with E-state index in [1.165, 1.54) is 0 Å². The number of aliphatic hydroxyl groups excluding tert-OH is 1. The van der Waals surface area contributed by atoms with Crippen LogP contribution in [0.15, 0.2) is 0 Å². The van der Waals surface area contributed by atoms with Crippen LogP contribution < -0.4 is 0 Å². The second-order valence-electron chi connectivity index (χ2n) is 4.55. The van der Waals surface area contributed by atoms with E-state index in [1.807, 2.05) is 13.8 Å². The summed E-state index contributed by atoms with van der Waals surface area (Å²) in [6.07, 6.45) is 3.67. The zero-order valence-electron chi connectivity index (χ0n) is 7.43. The first kappa shape index (κ1) is 9.01. The van der Waals surface area contributed by atoms with Crippen LogP contribution in [0.5, 0.6) is 0 Å². The molecule has 0 radical (unpaired) electrons. The van der Waals surface area contributed by atoms with Crippen LogP contribution in [0, 0.1) is 5.41 Å². The van der Waals surface area contributed by atoms with Crippen LogP contribution in [-0.4, -0.2) is 22.4 Å². The monoisotopic (exact) mass is 158 g/mol. The maximum atomic E-state index is 9.51. The van der Waals surface area contributed by atoms with Gasteiger partial charge in [0.15, 0.2) is 0 Å². The maximum Gasteiger partial charge on any atom is 0.0650 e. The molecule has 0 unspecified atom stereocenters. The second-order valence-corrected chi connectivity index (χ2v) is 4.55. The zero-order chi connectivity index (χ0) is 8.54. The van der Waals surface area contributed by atoms with Gasteiger partial charge in [0.1, 0.15) is 0 Å². The molecule has 0 aromatic rings. The van der Waals surface area contributed by atoms with E-state index < -0.39 is 0 Å². The number of rotatable bonds is 4. The molecule has 2 heteroatoms. The fourth-order valence-corrected chi connectivity index (χ4v) is 1.04. The van der Waals surface area contributed by atoms with Gasteiger partial charge in [-0.15, -0.1) is 0 Å². The summed E-state index contributed by atoms with van der Waals surface area (Å²) in [5.41, 5.74) is -0.370. The largest absolute Gasteiger partial charge is 0.396 e. The summed E-state index contributed by atoms with van der Waals surface area (Å²) >= 11 is 0. The Kier molecular flexibility index (Phi) is 2.26. The minimum absolute atomic E-state index is 0.0156. The zero-order valence-corrected chi connectivity index (χ0v) is 7.43. The quantitative estimate of drug-likeness (QED) is 0.647. The lowest BCUT2D eigenvalue weighted by molar-refractivity contribution is 0.0936. The molecule has 0 amide bonds. The third kappa shape index (κ3) is 2.80. The second kappa shape index (κ2) is 2.76. The van der Waals surface area contributed by atoms with Crippen molar-refractivity contribution in [2.24, 2.45) is 5.41 Å². The summed E-state index contributed by atoms with van der Waals surface area (Å²) in [5.74, 6) is 0. The molecule has 0 atom stereocenters. The molecule has 1 aliphatic rings. The van der Waals surface area contributed by atoms with Gasteiger partial charge in [-0.25, -0.2) is 0 Å². The molecule has 1 saturated carbocycles. The van der Waals surface area contributed by atoms with Crippen molar-refractivity contribution < 1.29 is 10.2 Å². The van der Waals surface area contributed by atoms with Crippen LogP contribution in [0.1, 0.15) is 39.5 Å². The van der Waals surface area contributed by atoms with Crippen molar-refractivity contribution in [1.29, 1.82) is 0 Å². The van der Waals surface area contributed by atoms with E-state index in [1.54, 1.807) is 0 Å². The summed E-state index contributed by atoms with van der Waals surface area (Å²) in [6.45, 7) is 4.26. The Labute approximate surface area is 68.2 Å². The SMILES string of the molecule is CC(C)(CO)CCC1(O)CC1. The molecule has 66 valence electrons. The van der Waals surface area contributed by atoms with Crippen molar-refractivity contribution in [3.8, 4) is 0 Å². The third-order valence-electron chi connectivity index (χ3n) is 2.52. The van der Waals surface area contributed by atoms with Crippen LogP contribution in [-0.2, 0) is 0 Å². The first-order chi connectivity index (χ1) is 4.97. The molecule has 2 nitrogen and oxygen atoms in total. The van der Waals surface area contributed by atoms with Gasteiger partial charge in [0.25, 0.3) is 0 Å². The van der Waals surface area contributed by atoms with E-state index in [0.29, 0.717) is 0 Å². The number of hydrogen-bond acceptors (Lipinski definition) is 2. The Balaban J connectivity index is 2.20. The van der Waals surface area contributed by atoms with Crippen LogP contribution in [0.3, 0.4) is 0 Å². The Bertz CT molecular complexity index is 136. The van der Waals surface area contributed by atoms with Gasteiger partial charge in [-0.2, -0.15) is 0 Å². The summed E-state index contributed by atoms with van der Waals surface area (Å²) < 4.78 is 0. The Morgan fingerprint density at radius 2 is 1.91 bits per heavy atom. The first-order valence-electron chi connectivity index (χ1n) is 4.31. The molecular weight excluding hydrogens is 140 g/mol. The molecule has 11 heavy (non-hydrogen) atoms. The average Bonchev–Trinajstić information content (AvgIpc) is 2.66. The molecule has 0 aromatic carbocycles. The van der Waals surface area contributed by atoms with Gasteiger partial charge in [-0.3, -0.25) is 0 Å². The van der Waals surface area contributed by atoms with E-state index in [2.05, 4.69) is 0 Å². The minimum Gasteiger partial charge on any atom is -0.396 e. The highest BCUT2D eigenvalue weighted by Gasteiger charge is 2.40. The highest BCUT2D eigenvalue weighted by molar-refractivity contribution is 4.94. The fraction of sp³-hybridized carbons (Fsp3) is 1.00. The van der Waals surface area contributed by atoms with Gasteiger partial charge in [0.05, 0.1) is 5.60 Å². The molecule has 0 heterocycles. The lowest BCUT2D eigenvalue weighted by Gasteiger charge is -2.22. The fourth-order valence-electron chi connectivity index (χ4n) is 1.04.